The number of hydrogen-bond donors (Lipinski definition) is 1. The molecule has 0 fully saturated rings. The number of halogens is 2. The summed E-state index contributed by atoms with van der Waals surface area (Å²) < 4.78 is 50.7. The Balaban J connectivity index is 2.19. The Labute approximate surface area is 139 Å². The number of nitrogens with one attached hydrogen (secondary N) is 1. The van der Waals surface area contributed by atoms with Crippen LogP contribution in [0.4, 0.5) is 4.39 Å². The molecule has 0 bridgehead atoms. The quantitative estimate of drug-likeness (QED) is 0.861. The lowest BCUT2D eigenvalue weighted by Crippen LogP contribution is -2.24. The Morgan fingerprint density at radius 3 is 2.39 bits per heavy atom. The first-order valence-electron chi connectivity index (χ1n) is 6.53. The molecule has 0 saturated heterocycles. The van der Waals surface area contributed by atoms with Crippen molar-refractivity contribution in [2.24, 2.45) is 0 Å². The minimum absolute atomic E-state index is 0.0231. The SMILES string of the molecule is COc1ccc(CNS(=O)(=O)c2ccc(Cl)cc2F)cc1OC. The lowest BCUT2D eigenvalue weighted by atomic mass is 10.2. The maximum absolute atomic E-state index is 13.7. The fourth-order valence-corrected chi connectivity index (χ4v) is 3.17. The van der Waals surface area contributed by atoms with E-state index in [1.54, 1.807) is 18.2 Å². The van der Waals surface area contributed by atoms with Gasteiger partial charge in [0.2, 0.25) is 10.0 Å². The van der Waals surface area contributed by atoms with Crippen LogP contribution in [0.25, 0.3) is 0 Å². The minimum atomic E-state index is -4.00. The van der Waals surface area contributed by atoms with Crippen LogP contribution in [-0.2, 0) is 16.6 Å². The van der Waals surface area contributed by atoms with Gasteiger partial charge in [0.25, 0.3) is 0 Å². The van der Waals surface area contributed by atoms with E-state index in [1.165, 1.54) is 20.3 Å². The number of hydrogen-bond acceptors (Lipinski definition) is 4. The summed E-state index contributed by atoms with van der Waals surface area (Å²) in [6.45, 7) is -0.0231. The Morgan fingerprint density at radius 2 is 1.78 bits per heavy atom. The maximum Gasteiger partial charge on any atom is 0.243 e. The van der Waals surface area contributed by atoms with Crippen molar-refractivity contribution in [3.63, 3.8) is 0 Å². The summed E-state index contributed by atoms with van der Waals surface area (Å²) in [4.78, 5) is -0.456. The average Bonchev–Trinajstić information content (AvgIpc) is 2.52. The van der Waals surface area contributed by atoms with Crippen molar-refractivity contribution in [2.75, 3.05) is 14.2 Å². The van der Waals surface area contributed by atoms with Crippen LogP contribution >= 0.6 is 11.6 Å². The van der Waals surface area contributed by atoms with Gasteiger partial charge in [0.15, 0.2) is 11.5 Å². The highest BCUT2D eigenvalue weighted by Gasteiger charge is 2.19. The molecule has 0 saturated carbocycles. The van der Waals surface area contributed by atoms with Crippen LogP contribution < -0.4 is 14.2 Å². The van der Waals surface area contributed by atoms with Crippen LogP contribution in [0.2, 0.25) is 5.02 Å². The molecule has 0 spiro atoms. The number of ether oxygens (including phenoxy) is 2. The van der Waals surface area contributed by atoms with Gasteiger partial charge in [-0.1, -0.05) is 17.7 Å². The molecule has 2 aromatic rings. The summed E-state index contributed by atoms with van der Waals surface area (Å²) in [6.07, 6.45) is 0. The Bertz CT molecular complexity index is 811. The fourth-order valence-electron chi connectivity index (χ4n) is 1.94. The zero-order chi connectivity index (χ0) is 17.0. The van der Waals surface area contributed by atoms with E-state index in [9.17, 15) is 12.8 Å². The van der Waals surface area contributed by atoms with E-state index in [1.807, 2.05) is 0 Å². The smallest absolute Gasteiger partial charge is 0.243 e. The topological polar surface area (TPSA) is 64.6 Å². The lowest BCUT2D eigenvalue weighted by Gasteiger charge is -2.11. The van der Waals surface area contributed by atoms with Gasteiger partial charge in [-0.05, 0) is 35.9 Å². The summed E-state index contributed by atoms with van der Waals surface area (Å²) >= 11 is 5.62. The van der Waals surface area contributed by atoms with Crippen molar-refractivity contribution < 1.29 is 22.3 Å². The maximum atomic E-state index is 13.7. The number of rotatable bonds is 6. The number of benzene rings is 2. The third-order valence-corrected chi connectivity index (χ3v) is 4.77. The van der Waals surface area contributed by atoms with Gasteiger partial charge in [0.1, 0.15) is 10.7 Å². The second-order valence-electron chi connectivity index (χ2n) is 4.59. The van der Waals surface area contributed by atoms with E-state index in [0.29, 0.717) is 17.1 Å². The lowest BCUT2D eigenvalue weighted by molar-refractivity contribution is 0.354. The molecular weight excluding hydrogens is 345 g/mol. The van der Waals surface area contributed by atoms with E-state index in [0.717, 1.165) is 12.1 Å². The first-order chi connectivity index (χ1) is 10.9. The predicted molar refractivity (Wildman–Crippen MR) is 85.0 cm³/mol. The molecule has 0 aliphatic heterocycles. The van der Waals surface area contributed by atoms with Crippen molar-refractivity contribution >= 4 is 21.6 Å². The molecule has 2 aromatic carbocycles. The van der Waals surface area contributed by atoms with E-state index < -0.39 is 20.7 Å². The van der Waals surface area contributed by atoms with Crippen molar-refractivity contribution in [2.45, 2.75) is 11.4 Å². The molecule has 0 aromatic heterocycles. The molecule has 0 aliphatic rings. The van der Waals surface area contributed by atoms with Crippen LogP contribution in [0.15, 0.2) is 41.3 Å². The predicted octanol–water partition coefficient (Wildman–Crippen LogP) is 2.97. The minimum Gasteiger partial charge on any atom is -0.493 e. The molecule has 0 atom stereocenters. The van der Waals surface area contributed by atoms with Crippen molar-refractivity contribution in [3.05, 3.63) is 52.8 Å². The molecule has 2 rings (SSSR count). The number of methoxy groups -OCH3 is 2. The Hall–Kier alpha value is -1.83. The van der Waals surface area contributed by atoms with Gasteiger partial charge >= 0.3 is 0 Å². The van der Waals surface area contributed by atoms with Gasteiger partial charge in [-0.15, -0.1) is 0 Å². The van der Waals surface area contributed by atoms with Crippen LogP contribution in [0.3, 0.4) is 0 Å². The van der Waals surface area contributed by atoms with Gasteiger partial charge in [-0.3, -0.25) is 0 Å². The highest BCUT2D eigenvalue weighted by molar-refractivity contribution is 7.89. The molecule has 0 amide bonds. The van der Waals surface area contributed by atoms with Gasteiger partial charge in [-0.25, -0.2) is 17.5 Å². The molecule has 5 nitrogen and oxygen atoms in total. The summed E-state index contributed by atoms with van der Waals surface area (Å²) in [5.41, 5.74) is 0.639. The normalized spacial score (nSPS) is 11.3. The average molecular weight is 360 g/mol. The molecule has 0 heterocycles. The van der Waals surface area contributed by atoms with Crippen molar-refractivity contribution in [1.29, 1.82) is 0 Å². The number of sulfonamides is 1. The summed E-state index contributed by atoms with van der Waals surface area (Å²) in [6, 6.07) is 8.36. The van der Waals surface area contributed by atoms with E-state index in [-0.39, 0.29) is 11.6 Å². The first kappa shape index (κ1) is 17.5. The molecule has 0 radical (unpaired) electrons. The second kappa shape index (κ2) is 7.16. The van der Waals surface area contributed by atoms with Crippen molar-refractivity contribution in [1.82, 2.24) is 4.72 Å². The summed E-state index contributed by atoms with van der Waals surface area (Å²) in [5, 5.41) is 0.126. The molecule has 0 aliphatic carbocycles. The molecule has 0 unspecified atom stereocenters. The Kier molecular flexibility index (Phi) is 5.46. The summed E-state index contributed by atoms with van der Waals surface area (Å²) in [7, 11) is -1.01. The molecule has 23 heavy (non-hydrogen) atoms. The fraction of sp³-hybridized carbons (Fsp3) is 0.200. The van der Waals surface area contributed by atoms with Crippen LogP contribution in [-0.4, -0.2) is 22.6 Å². The standard InChI is InChI=1S/C15H15ClFNO4S/c1-21-13-5-3-10(7-14(13)22-2)9-18-23(19,20)15-6-4-11(16)8-12(15)17/h3-8,18H,9H2,1-2H3. The van der Waals surface area contributed by atoms with Crippen molar-refractivity contribution in [3.8, 4) is 11.5 Å². The second-order valence-corrected chi connectivity index (χ2v) is 6.76. The third-order valence-electron chi connectivity index (χ3n) is 3.10. The van der Waals surface area contributed by atoms with Crippen LogP contribution in [0.1, 0.15) is 5.56 Å². The molecule has 124 valence electrons. The molecular formula is C15H15ClFNO4S. The van der Waals surface area contributed by atoms with Gasteiger partial charge in [-0.2, -0.15) is 0 Å². The monoisotopic (exact) mass is 359 g/mol. The van der Waals surface area contributed by atoms with E-state index >= 15 is 0 Å². The van der Waals surface area contributed by atoms with E-state index in [2.05, 4.69) is 4.72 Å². The zero-order valence-corrected chi connectivity index (χ0v) is 14.0. The highest BCUT2D eigenvalue weighted by Crippen LogP contribution is 2.27. The molecule has 8 heteroatoms. The summed E-state index contributed by atoms with van der Waals surface area (Å²) in [5.74, 6) is 0.0991. The van der Waals surface area contributed by atoms with E-state index in [4.69, 9.17) is 21.1 Å². The van der Waals surface area contributed by atoms with Gasteiger partial charge in [0, 0.05) is 11.6 Å². The highest BCUT2D eigenvalue weighted by atomic mass is 35.5. The van der Waals surface area contributed by atoms with Crippen LogP contribution in [0.5, 0.6) is 11.5 Å². The molecule has 1 N–H and O–H groups in total. The third kappa shape index (κ3) is 4.13. The first-order valence-corrected chi connectivity index (χ1v) is 8.39. The Morgan fingerprint density at radius 1 is 1.09 bits per heavy atom. The van der Waals surface area contributed by atoms with Gasteiger partial charge < -0.3 is 9.47 Å². The van der Waals surface area contributed by atoms with Crippen LogP contribution in [0, 0.1) is 5.82 Å². The van der Waals surface area contributed by atoms with Gasteiger partial charge in [0.05, 0.1) is 14.2 Å². The largest absolute Gasteiger partial charge is 0.493 e. The zero-order valence-electron chi connectivity index (χ0n) is 12.5.